The van der Waals surface area contributed by atoms with E-state index in [9.17, 15) is 0 Å². The first kappa shape index (κ1) is 14.4. The first-order valence-electron chi connectivity index (χ1n) is 7.84. The molecule has 3 unspecified atom stereocenters. The Bertz CT molecular complexity index is 352. The molecule has 2 rings (SSSR count). The molecule has 1 aliphatic carbocycles. The third kappa shape index (κ3) is 4.00. The summed E-state index contributed by atoms with van der Waals surface area (Å²) < 4.78 is 0. The van der Waals surface area contributed by atoms with E-state index in [2.05, 4.69) is 35.2 Å². The molecule has 106 valence electrons. The van der Waals surface area contributed by atoms with E-state index in [4.69, 9.17) is 0 Å². The Labute approximate surface area is 117 Å². The molecule has 0 spiro atoms. The summed E-state index contributed by atoms with van der Waals surface area (Å²) in [6.07, 6.45) is 11.5. The van der Waals surface area contributed by atoms with Crippen LogP contribution in [0.1, 0.15) is 64.1 Å². The lowest BCUT2D eigenvalue weighted by Gasteiger charge is -2.34. The third-order valence-corrected chi connectivity index (χ3v) is 4.41. The zero-order valence-electron chi connectivity index (χ0n) is 12.3. The zero-order chi connectivity index (χ0) is 13.5. The predicted octanol–water partition coefficient (Wildman–Crippen LogP) is 3.73. The van der Waals surface area contributed by atoms with Gasteiger partial charge in [-0.1, -0.05) is 33.1 Å². The van der Waals surface area contributed by atoms with Crippen molar-refractivity contribution in [3.05, 3.63) is 24.3 Å². The van der Waals surface area contributed by atoms with Gasteiger partial charge in [0.25, 0.3) is 0 Å². The van der Waals surface area contributed by atoms with Gasteiger partial charge in [-0.25, -0.2) is 9.97 Å². The summed E-state index contributed by atoms with van der Waals surface area (Å²) >= 11 is 0. The van der Waals surface area contributed by atoms with Gasteiger partial charge in [-0.05, 0) is 43.7 Å². The van der Waals surface area contributed by atoms with Crippen LogP contribution in [0, 0.1) is 11.8 Å². The average molecular weight is 261 g/mol. The van der Waals surface area contributed by atoms with Gasteiger partial charge in [0.2, 0.25) is 0 Å². The molecule has 1 heterocycles. The minimum Gasteiger partial charge on any atom is -0.308 e. The van der Waals surface area contributed by atoms with Gasteiger partial charge in [0.15, 0.2) is 0 Å². The minimum absolute atomic E-state index is 0.414. The molecule has 3 heteroatoms. The van der Waals surface area contributed by atoms with Crippen molar-refractivity contribution in [1.82, 2.24) is 15.3 Å². The van der Waals surface area contributed by atoms with Crippen molar-refractivity contribution in [2.45, 2.75) is 58.4 Å². The highest BCUT2D eigenvalue weighted by molar-refractivity contribution is 5.07. The zero-order valence-corrected chi connectivity index (χ0v) is 12.3. The number of aromatic nitrogens is 2. The second-order valence-electron chi connectivity index (χ2n) is 5.77. The Kier molecular flexibility index (Phi) is 5.77. The van der Waals surface area contributed by atoms with Gasteiger partial charge in [0.1, 0.15) is 6.33 Å². The van der Waals surface area contributed by atoms with Crippen LogP contribution in [0.2, 0.25) is 0 Å². The molecular formula is C16H27N3. The van der Waals surface area contributed by atoms with E-state index in [1.54, 1.807) is 6.33 Å². The molecule has 0 aliphatic heterocycles. The molecule has 1 aliphatic rings. The van der Waals surface area contributed by atoms with Gasteiger partial charge in [0, 0.05) is 6.20 Å². The van der Waals surface area contributed by atoms with Crippen LogP contribution in [0.15, 0.2) is 18.6 Å². The van der Waals surface area contributed by atoms with Crippen LogP contribution in [0.25, 0.3) is 0 Å². The van der Waals surface area contributed by atoms with Crippen LogP contribution in [0.3, 0.4) is 0 Å². The number of hydrogen-bond donors (Lipinski definition) is 1. The summed E-state index contributed by atoms with van der Waals surface area (Å²) in [5.74, 6) is 1.65. The lowest BCUT2D eigenvalue weighted by molar-refractivity contribution is 0.207. The van der Waals surface area contributed by atoms with Crippen molar-refractivity contribution in [1.29, 1.82) is 0 Å². The number of hydrogen-bond acceptors (Lipinski definition) is 3. The molecule has 0 saturated heterocycles. The van der Waals surface area contributed by atoms with Gasteiger partial charge in [0.05, 0.1) is 11.7 Å². The quantitative estimate of drug-likeness (QED) is 0.848. The molecule has 0 radical (unpaired) electrons. The van der Waals surface area contributed by atoms with Gasteiger partial charge in [-0.2, -0.15) is 0 Å². The van der Waals surface area contributed by atoms with Crippen LogP contribution >= 0.6 is 0 Å². The van der Waals surface area contributed by atoms with Crippen LogP contribution in [-0.2, 0) is 0 Å². The van der Waals surface area contributed by atoms with Crippen molar-refractivity contribution in [2.75, 3.05) is 6.54 Å². The van der Waals surface area contributed by atoms with E-state index >= 15 is 0 Å². The van der Waals surface area contributed by atoms with Crippen molar-refractivity contribution < 1.29 is 0 Å². The first-order valence-corrected chi connectivity index (χ1v) is 7.84. The normalized spacial score (nSPS) is 25.2. The number of rotatable bonds is 6. The molecule has 0 amide bonds. The SMILES string of the molecule is CCCNC(c1ccncn1)C1CCCC(CC)C1. The molecule has 19 heavy (non-hydrogen) atoms. The van der Waals surface area contributed by atoms with Gasteiger partial charge in [-0.15, -0.1) is 0 Å². The minimum atomic E-state index is 0.414. The van der Waals surface area contributed by atoms with Gasteiger partial charge >= 0.3 is 0 Å². The van der Waals surface area contributed by atoms with Crippen molar-refractivity contribution in [2.24, 2.45) is 11.8 Å². The monoisotopic (exact) mass is 261 g/mol. The average Bonchev–Trinajstić information content (AvgIpc) is 2.49. The smallest absolute Gasteiger partial charge is 0.115 e. The van der Waals surface area contributed by atoms with Crippen LogP contribution < -0.4 is 5.32 Å². The van der Waals surface area contributed by atoms with E-state index in [-0.39, 0.29) is 0 Å². The van der Waals surface area contributed by atoms with Crippen molar-refractivity contribution >= 4 is 0 Å². The van der Waals surface area contributed by atoms with Crippen LogP contribution in [0.5, 0.6) is 0 Å². The summed E-state index contributed by atoms with van der Waals surface area (Å²) in [5, 5.41) is 3.71. The maximum absolute atomic E-state index is 4.48. The number of nitrogens with one attached hydrogen (secondary N) is 1. The van der Waals surface area contributed by atoms with Crippen LogP contribution in [-0.4, -0.2) is 16.5 Å². The fourth-order valence-electron chi connectivity index (χ4n) is 3.30. The van der Waals surface area contributed by atoms with Gasteiger partial charge < -0.3 is 5.32 Å². The maximum Gasteiger partial charge on any atom is 0.115 e. The Balaban J connectivity index is 2.08. The highest BCUT2D eigenvalue weighted by Crippen LogP contribution is 2.37. The summed E-state index contributed by atoms with van der Waals surface area (Å²) in [4.78, 5) is 8.53. The van der Waals surface area contributed by atoms with Crippen LogP contribution in [0.4, 0.5) is 0 Å². The second-order valence-corrected chi connectivity index (χ2v) is 5.77. The lowest BCUT2D eigenvalue weighted by Crippen LogP contribution is -2.32. The topological polar surface area (TPSA) is 37.8 Å². The van der Waals surface area contributed by atoms with E-state index in [0.29, 0.717) is 6.04 Å². The predicted molar refractivity (Wildman–Crippen MR) is 78.8 cm³/mol. The summed E-state index contributed by atoms with van der Waals surface area (Å²) in [5.41, 5.74) is 1.17. The molecule has 1 aromatic rings. The van der Waals surface area contributed by atoms with E-state index in [0.717, 1.165) is 18.4 Å². The molecular weight excluding hydrogens is 234 g/mol. The first-order chi connectivity index (χ1) is 9.35. The summed E-state index contributed by atoms with van der Waals surface area (Å²) in [7, 11) is 0. The second kappa shape index (κ2) is 7.59. The largest absolute Gasteiger partial charge is 0.308 e. The Morgan fingerprint density at radius 2 is 2.26 bits per heavy atom. The Morgan fingerprint density at radius 1 is 1.37 bits per heavy atom. The molecule has 3 nitrogen and oxygen atoms in total. The summed E-state index contributed by atoms with van der Waals surface area (Å²) in [6, 6.07) is 2.49. The Morgan fingerprint density at radius 3 is 2.95 bits per heavy atom. The molecule has 3 atom stereocenters. The molecule has 1 aromatic heterocycles. The number of nitrogens with zero attached hydrogens (tertiary/aromatic N) is 2. The standard InChI is InChI=1S/C16H27N3/c1-3-9-18-16(15-8-10-17-12-19-15)14-7-5-6-13(4-2)11-14/h8,10,12-14,16,18H,3-7,9,11H2,1-2H3. The van der Waals surface area contributed by atoms with Crippen molar-refractivity contribution in [3.8, 4) is 0 Å². The van der Waals surface area contributed by atoms with E-state index in [1.165, 1.54) is 44.2 Å². The van der Waals surface area contributed by atoms with Gasteiger partial charge in [-0.3, -0.25) is 0 Å². The lowest BCUT2D eigenvalue weighted by atomic mass is 9.76. The molecule has 1 saturated carbocycles. The molecule has 0 bridgehead atoms. The Hall–Kier alpha value is -0.960. The fourth-order valence-corrected chi connectivity index (χ4v) is 3.30. The summed E-state index contributed by atoms with van der Waals surface area (Å²) in [6.45, 7) is 5.62. The van der Waals surface area contributed by atoms with E-state index in [1.807, 2.05) is 6.20 Å². The van der Waals surface area contributed by atoms with E-state index < -0.39 is 0 Å². The van der Waals surface area contributed by atoms with Crippen molar-refractivity contribution in [3.63, 3.8) is 0 Å². The molecule has 1 fully saturated rings. The highest BCUT2D eigenvalue weighted by Gasteiger charge is 2.29. The molecule has 1 N–H and O–H groups in total. The third-order valence-electron chi connectivity index (χ3n) is 4.41. The fraction of sp³-hybridized carbons (Fsp3) is 0.750. The molecule has 0 aromatic carbocycles. The maximum atomic E-state index is 4.48. The highest BCUT2D eigenvalue weighted by atomic mass is 15.0.